The van der Waals surface area contributed by atoms with Gasteiger partial charge in [-0.05, 0) is 25.2 Å². The molecule has 1 saturated carbocycles. The molecule has 2 bridgehead atoms. The van der Waals surface area contributed by atoms with E-state index in [0.29, 0.717) is 11.8 Å². The van der Waals surface area contributed by atoms with Crippen LogP contribution < -0.4 is 0 Å². The molecular weight excluding hydrogens is 112 g/mol. The van der Waals surface area contributed by atoms with Crippen LogP contribution in [0.4, 0.5) is 0 Å². The first-order valence-electron chi connectivity index (χ1n) is 3.72. The minimum Gasteiger partial charge on any atom is -0.392 e. The fraction of sp³-hybridized carbons (Fsp3) is 0.750. The maximum Gasteiger partial charge on any atom is 0.0633 e. The van der Waals surface area contributed by atoms with Gasteiger partial charge in [0, 0.05) is 5.92 Å². The van der Waals surface area contributed by atoms with E-state index in [2.05, 4.69) is 12.2 Å². The number of aliphatic hydroxyl groups excluding tert-OH is 1. The Morgan fingerprint density at radius 1 is 1.33 bits per heavy atom. The Kier molecular flexibility index (Phi) is 1.12. The summed E-state index contributed by atoms with van der Waals surface area (Å²) in [6.45, 7) is 0. The van der Waals surface area contributed by atoms with E-state index in [-0.39, 0.29) is 6.10 Å². The fourth-order valence-corrected chi connectivity index (χ4v) is 1.99. The molecule has 50 valence electrons. The van der Waals surface area contributed by atoms with Crippen molar-refractivity contribution in [1.29, 1.82) is 0 Å². The van der Waals surface area contributed by atoms with Gasteiger partial charge >= 0.3 is 0 Å². The van der Waals surface area contributed by atoms with Crippen molar-refractivity contribution in [2.75, 3.05) is 0 Å². The van der Waals surface area contributed by atoms with Crippen molar-refractivity contribution in [3.05, 3.63) is 12.2 Å². The third-order valence-electron chi connectivity index (χ3n) is 2.61. The summed E-state index contributed by atoms with van der Waals surface area (Å²) in [5.41, 5.74) is 0. The van der Waals surface area contributed by atoms with E-state index in [1.54, 1.807) is 0 Å². The fourth-order valence-electron chi connectivity index (χ4n) is 1.99. The first-order valence-corrected chi connectivity index (χ1v) is 3.72. The molecule has 0 aromatic heterocycles. The molecule has 0 heterocycles. The molecular formula is C8H12O. The molecule has 9 heavy (non-hydrogen) atoms. The van der Waals surface area contributed by atoms with Crippen molar-refractivity contribution < 1.29 is 5.11 Å². The summed E-state index contributed by atoms with van der Waals surface area (Å²) < 4.78 is 0. The highest BCUT2D eigenvalue weighted by Crippen LogP contribution is 2.37. The molecule has 0 aromatic rings. The smallest absolute Gasteiger partial charge is 0.0633 e. The molecule has 3 atom stereocenters. The van der Waals surface area contributed by atoms with Crippen LogP contribution in [0, 0.1) is 11.8 Å². The predicted octanol–water partition coefficient (Wildman–Crippen LogP) is 1.33. The Morgan fingerprint density at radius 2 is 2.22 bits per heavy atom. The van der Waals surface area contributed by atoms with Crippen molar-refractivity contribution in [3.8, 4) is 0 Å². The van der Waals surface area contributed by atoms with E-state index in [1.165, 1.54) is 12.8 Å². The van der Waals surface area contributed by atoms with Gasteiger partial charge in [0.15, 0.2) is 0 Å². The van der Waals surface area contributed by atoms with Crippen molar-refractivity contribution in [3.63, 3.8) is 0 Å². The van der Waals surface area contributed by atoms with E-state index >= 15 is 0 Å². The number of allylic oxidation sites excluding steroid dienone is 1. The van der Waals surface area contributed by atoms with Gasteiger partial charge in [0.1, 0.15) is 0 Å². The van der Waals surface area contributed by atoms with Crippen LogP contribution in [-0.2, 0) is 0 Å². The zero-order valence-electron chi connectivity index (χ0n) is 5.46. The molecule has 1 fully saturated rings. The minimum absolute atomic E-state index is 0.00463. The summed E-state index contributed by atoms with van der Waals surface area (Å²) >= 11 is 0. The number of fused-ring (bicyclic) bond motifs is 2. The van der Waals surface area contributed by atoms with Gasteiger partial charge < -0.3 is 5.11 Å². The van der Waals surface area contributed by atoms with Gasteiger partial charge in [-0.2, -0.15) is 0 Å². The van der Waals surface area contributed by atoms with Crippen LogP contribution >= 0.6 is 0 Å². The zero-order chi connectivity index (χ0) is 6.27. The number of hydrogen-bond donors (Lipinski definition) is 1. The molecule has 0 spiro atoms. The Labute approximate surface area is 55.4 Å². The molecule has 0 radical (unpaired) electrons. The second-order valence-corrected chi connectivity index (χ2v) is 3.16. The van der Waals surface area contributed by atoms with Gasteiger partial charge in [-0.3, -0.25) is 0 Å². The highest BCUT2D eigenvalue weighted by molar-refractivity contribution is 5.05. The molecule has 2 rings (SSSR count). The second kappa shape index (κ2) is 1.84. The molecule has 0 unspecified atom stereocenters. The minimum atomic E-state index is -0.00463. The lowest BCUT2D eigenvalue weighted by atomic mass is 9.92. The van der Waals surface area contributed by atoms with E-state index in [0.717, 1.165) is 6.42 Å². The largest absolute Gasteiger partial charge is 0.392 e. The Morgan fingerprint density at radius 3 is 2.89 bits per heavy atom. The van der Waals surface area contributed by atoms with Gasteiger partial charge in [0.05, 0.1) is 6.10 Å². The lowest BCUT2D eigenvalue weighted by Gasteiger charge is -2.19. The standard InChI is InChI=1S/C8H12O/c9-8-6-2-1-3-7(8)5-4-6/h1-2,6-9H,3-5H2/t6-,7-,8+/m0/s1. The highest BCUT2D eigenvalue weighted by Gasteiger charge is 2.34. The van der Waals surface area contributed by atoms with Crippen molar-refractivity contribution in [2.45, 2.75) is 25.4 Å². The van der Waals surface area contributed by atoms with Gasteiger partial charge in [0.25, 0.3) is 0 Å². The zero-order valence-corrected chi connectivity index (χ0v) is 5.46. The Bertz CT molecular complexity index is 140. The molecule has 0 amide bonds. The molecule has 2 aliphatic carbocycles. The number of hydrogen-bond acceptors (Lipinski definition) is 1. The van der Waals surface area contributed by atoms with E-state index in [1.807, 2.05) is 0 Å². The molecule has 1 nitrogen and oxygen atoms in total. The molecule has 0 saturated heterocycles. The first kappa shape index (κ1) is 5.48. The van der Waals surface area contributed by atoms with Gasteiger partial charge in [-0.1, -0.05) is 12.2 Å². The van der Waals surface area contributed by atoms with E-state index in [4.69, 9.17) is 0 Å². The molecule has 1 heteroatoms. The third-order valence-corrected chi connectivity index (χ3v) is 2.61. The van der Waals surface area contributed by atoms with Crippen LogP contribution in [0.1, 0.15) is 19.3 Å². The lowest BCUT2D eigenvalue weighted by molar-refractivity contribution is 0.103. The highest BCUT2D eigenvalue weighted by atomic mass is 16.3. The van der Waals surface area contributed by atoms with Crippen molar-refractivity contribution >= 4 is 0 Å². The third kappa shape index (κ3) is 0.715. The summed E-state index contributed by atoms with van der Waals surface area (Å²) in [6, 6.07) is 0. The summed E-state index contributed by atoms with van der Waals surface area (Å²) in [4.78, 5) is 0. The number of aliphatic hydroxyl groups is 1. The molecule has 0 aliphatic heterocycles. The van der Waals surface area contributed by atoms with E-state index in [9.17, 15) is 5.11 Å². The SMILES string of the molecule is O[C@H]1[C@H]2CC=C[C@H]1CC2. The summed E-state index contributed by atoms with van der Waals surface area (Å²) in [5, 5.41) is 9.46. The number of rotatable bonds is 0. The summed E-state index contributed by atoms with van der Waals surface area (Å²) in [6.07, 6.45) is 7.94. The van der Waals surface area contributed by atoms with Gasteiger partial charge in [-0.25, -0.2) is 0 Å². The summed E-state index contributed by atoms with van der Waals surface area (Å²) in [7, 11) is 0. The van der Waals surface area contributed by atoms with Crippen LogP contribution in [0.3, 0.4) is 0 Å². The van der Waals surface area contributed by atoms with Gasteiger partial charge in [-0.15, -0.1) is 0 Å². The topological polar surface area (TPSA) is 20.2 Å². The van der Waals surface area contributed by atoms with Crippen LogP contribution in [-0.4, -0.2) is 11.2 Å². The molecule has 1 N–H and O–H groups in total. The van der Waals surface area contributed by atoms with Crippen LogP contribution in [0.15, 0.2) is 12.2 Å². The average molecular weight is 124 g/mol. The Hall–Kier alpha value is -0.300. The van der Waals surface area contributed by atoms with E-state index < -0.39 is 0 Å². The quantitative estimate of drug-likeness (QED) is 0.483. The van der Waals surface area contributed by atoms with Crippen molar-refractivity contribution in [1.82, 2.24) is 0 Å². The van der Waals surface area contributed by atoms with Crippen molar-refractivity contribution in [2.24, 2.45) is 11.8 Å². The Balaban J connectivity index is 2.22. The maximum atomic E-state index is 9.46. The summed E-state index contributed by atoms with van der Waals surface area (Å²) in [5.74, 6) is 1.10. The maximum absolute atomic E-state index is 9.46. The molecule has 2 aliphatic rings. The van der Waals surface area contributed by atoms with Gasteiger partial charge in [0.2, 0.25) is 0 Å². The second-order valence-electron chi connectivity index (χ2n) is 3.16. The average Bonchev–Trinajstić information content (AvgIpc) is 2.19. The van der Waals surface area contributed by atoms with Crippen LogP contribution in [0.25, 0.3) is 0 Å². The molecule has 0 aromatic carbocycles. The predicted molar refractivity (Wildman–Crippen MR) is 36.0 cm³/mol. The normalized spacial score (nSPS) is 47.9. The van der Waals surface area contributed by atoms with Crippen LogP contribution in [0.2, 0.25) is 0 Å². The lowest BCUT2D eigenvalue weighted by Crippen LogP contribution is -2.21. The monoisotopic (exact) mass is 124 g/mol. The van der Waals surface area contributed by atoms with Crippen LogP contribution in [0.5, 0.6) is 0 Å². The first-order chi connectivity index (χ1) is 4.38.